The van der Waals surface area contributed by atoms with Crippen LogP contribution in [0.2, 0.25) is 5.02 Å². The number of rotatable bonds is 3. The average molecular weight is 484 g/mol. The molecule has 0 N–H and O–H groups in total. The predicted molar refractivity (Wildman–Crippen MR) is 133 cm³/mol. The van der Waals surface area contributed by atoms with Crippen molar-refractivity contribution < 1.29 is 14.3 Å². The van der Waals surface area contributed by atoms with Gasteiger partial charge in [0.2, 0.25) is 6.79 Å². The smallest absolute Gasteiger partial charge is 0.231 e. The summed E-state index contributed by atoms with van der Waals surface area (Å²) in [6.45, 7) is 2.12. The van der Waals surface area contributed by atoms with Crippen LogP contribution in [-0.2, 0) is 4.79 Å². The van der Waals surface area contributed by atoms with Crippen LogP contribution in [0.1, 0.15) is 36.3 Å². The molecule has 0 radical (unpaired) electrons. The molecule has 3 aromatic rings. The minimum atomic E-state index is -0.508. The fourth-order valence-electron chi connectivity index (χ4n) is 5.20. The van der Waals surface area contributed by atoms with Crippen LogP contribution in [0, 0.1) is 18.3 Å². The van der Waals surface area contributed by atoms with Gasteiger partial charge in [-0.25, -0.2) is 0 Å². The number of carbonyl (C=O) groups excluding carboxylic acids is 1. The lowest BCUT2D eigenvalue weighted by molar-refractivity contribution is -0.116. The predicted octanol–water partition coefficient (Wildman–Crippen LogP) is 6.18. The molecule has 1 aliphatic carbocycles. The van der Waals surface area contributed by atoms with E-state index in [-0.39, 0.29) is 12.6 Å². The number of halogens is 1. The molecule has 1 atom stereocenters. The number of Topliss-reactive ketones (excluding diaryl/α,β-unsaturated/α-hetero) is 1. The van der Waals surface area contributed by atoms with Crippen LogP contribution >= 0.6 is 11.6 Å². The quantitative estimate of drug-likeness (QED) is 0.445. The SMILES string of the molecule is Cc1ccc(N2C3=C(C(=O)CCC3)[C@@H](c3ccc4c(c3)OCO4)C(C#N)=C2n2cccc2)cc1Cl. The van der Waals surface area contributed by atoms with Crippen LogP contribution < -0.4 is 14.4 Å². The van der Waals surface area contributed by atoms with Crippen LogP contribution in [0.5, 0.6) is 11.5 Å². The summed E-state index contributed by atoms with van der Waals surface area (Å²) >= 11 is 6.54. The van der Waals surface area contributed by atoms with E-state index in [0.717, 1.165) is 35.4 Å². The monoisotopic (exact) mass is 483 g/mol. The highest BCUT2D eigenvalue weighted by Gasteiger charge is 2.42. The number of hydrogen-bond donors (Lipinski definition) is 0. The number of carbonyl (C=O) groups is 1. The fourth-order valence-corrected chi connectivity index (χ4v) is 5.37. The number of hydrogen-bond acceptors (Lipinski definition) is 5. The highest BCUT2D eigenvalue weighted by atomic mass is 35.5. The number of anilines is 1. The van der Waals surface area contributed by atoms with Crippen molar-refractivity contribution in [1.29, 1.82) is 5.26 Å². The molecule has 2 aromatic carbocycles. The number of benzene rings is 2. The molecule has 0 spiro atoms. The van der Waals surface area contributed by atoms with Crippen molar-refractivity contribution in [3.05, 3.63) is 93.9 Å². The first-order valence-electron chi connectivity index (χ1n) is 11.6. The molecule has 174 valence electrons. The zero-order chi connectivity index (χ0) is 24.1. The number of allylic oxidation sites excluding steroid dienone is 3. The van der Waals surface area contributed by atoms with Gasteiger partial charge in [-0.3, -0.25) is 9.69 Å². The molecule has 0 saturated heterocycles. The van der Waals surface area contributed by atoms with Crippen molar-refractivity contribution in [2.24, 2.45) is 0 Å². The first-order valence-corrected chi connectivity index (χ1v) is 11.9. The molecule has 0 unspecified atom stereocenters. The first-order chi connectivity index (χ1) is 17.1. The molecule has 0 fully saturated rings. The minimum absolute atomic E-state index is 0.0661. The molecule has 35 heavy (non-hydrogen) atoms. The summed E-state index contributed by atoms with van der Waals surface area (Å²) < 4.78 is 13.1. The van der Waals surface area contributed by atoms with Gasteiger partial charge in [0.25, 0.3) is 0 Å². The van der Waals surface area contributed by atoms with Crippen molar-refractivity contribution in [2.45, 2.75) is 32.1 Å². The van der Waals surface area contributed by atoms with Gasteiger partial charge in [0, 0.05) is 40.8 Å². The number of ether oxygens (including phenoxy) is 2. The zero-order valence-corrected chi connectivity index (χ0v) is 19.9. The second kappa shape index (κ2) is 8.37. The second-order valence-corrected chi connectivity index (χ2v) is 9.30. The van der Waals surface area contributed by atoms with Crippen LogP contribution in [0.25, 0.3) is 5.82 Å². The lowest BCUT2D eigenvalue weighted by Gasteiger charge is -2.41. The molecule has 2 aliphatic heterocycles. The maximum Gasteiger partial charge on any atom is 0.231 e. The molecule has 0 amide bonds. The Morgan fingerprint density at radius 1 is 1.06 bits per heavy atom. The van der Waals surface area contributed by atoms with Crippen LogP contribution in [0.15, 0.2) is 77.8 Å². The normalized spacial score (nSPS) is 19.2. The number of ketones is 1. The molecule has 3 heterocycles. The minimum Gasteiger partial charge on any atom is -0.454 e. The summed E-state index contributed by atoms with van der Waals surface area (Å²) in [5, 5.41) is 11.2. The number of fused-ring (bicyclic) bond motifs is 1. The van der Waals surface area contributed by atoms with Gasteiger partial charge in [0.05, 0.1) is 17.6 Å². The number of nitrogens with zero attached hydrogens (tertiary/aromatic N) is 3. The number of aryl methyl sites for hydroxylation is 1. The van der Waals surface area contributed by atoms with E-state index in [1.807, 2.05) is 77.3 Å². The van der Waals surface area contributed by atoms with E-state index in [2.05, 4.69) is 6.07 Å². The topological polar surface area (TPSA) is 67.5 Å². The van der Waals surface area contributed by atoms with Gasteiger partial charge in [-0.2, -0.15) is 5.26 Å². The van der Waals surface area contributed by atoms with Crippen LogP contribution in [-0.4, -0.2) is 17.1 Å². The summed E-state index contributed by atoms with van der Waals surface area (Å²) in [6.07, 6.45) is 5.77. The van der Waals surface area contributed by atoms with E-state index in [1.54, 1.807) is 0 Å². The van der Waals surface area contributed by atoms with Gasteiger partial charge >= 0.3 is 0 Å². The van der Waals surface area contributed by atoms with Crippen molar-refractivity contribution in [2.75, 3.05) is 11.7 Å². The van der Waals surface area contributed by atoms with Gasteiger partial charge < -0.3 is 14.0 Å². The Kier molecular flexibility index (Phi) is 5.16. The molecule has 0 bridgehead atoms. The third kappa shape index (κ3) is 3.43. The summed E-state index contributed by atoms with van der Waals surface area (Å²) in [7, 11) is 0. The molecular formula is C28H22ClN3O3. The third-order valence-corrected chi connectivity index (χ3v) is 7.25. The average Bonchev–Trinajstić information content (AvgIpc) is 3.56. The Bertz CT molecular complexity index is 1460. The second-order valence-electron chi connectivity index (χ2n) is 8.89. The highest BCUT2D eigenvalue weighted by Crippen LogP contribution is 2.50. The van der Waals surface area contributed by atoms with Crippen molar-refractivity contribution >= 4 is 28.9 Å². The molecule has 3 aliphatic rings. The number of aromatic nitrogens is 1. The lowest BCUT2D eigenvalue weighted by Crippen LogP contribution is -2.36. The molecule has 0 saturated carbocycles. The molecule has 6 rings (SSSR count). The van der Waals surface area contributed by atoms with Crippen molar-refractivity contribution in [1.82, 2.24) is 4.57 Å². The van der Waals surface area contributed by atoms with Crippen molar-refractivity contribution in [3.63, 3.8) is 0 Å². The fraction of sp³-hybridized carbons (Fsp3) is 0.214. The Hall–Kier alpha value is -3.95. The Balaban J connectivity index is 1.65. The molecule has 6 nitrogen and oxygen atoms in total. The Labute approximate surface area is 208 Å². The summed E-state index contributed by atoms with van der Waals surface area (Å²) in [5.41, 5.74) is 4.69. The maximum atomic E-state index is 13.5. The van der Waals surface area contributed by atoms with Gasteiger partial charge in [-0.1, -0.05) is 23.7 Å². The Morgan fingerprint density at radius 2 is 1.86 bits per heavy atom. The van der Waals surface area contributed by atoms with Gasteiger partial charge in [0.15, 0.2) is 17.3 Å². The van der Waals surface area contributed by atoms with E-state index in [9.17, 15) is 10.1 Å². The molecule has 7 heteroatoms. The Morgan fingerprint density at radius 3 is 2.63 bits per heavy atom. The third-order valence-electron chi connectivity index (χ3n) is 6.84. The van der Waals surface area contributed by atoms with Crippen molar-refractivity contribution in [3.8, 4) is 17.6 Å². The summed E-state index contributed by atoms with van der Waals surface area (Å²) in [5.74, 6) is 1.55. The van der Waals surface area contributed by atoms with Gasteiger partial charge in [-0.05, 0) is 67.3 Å². The van der Waals surface area contributed by atoms with E-state index in [1.165, 1.54) is 0 Å². The zero-order valence-electron chi connectivity index (χ0n) is 19.1. The first kappa shape index (κ1) is 21.6. The standard InChI is InChI=1S/C28H22ClN3O3/c1-17-7-9-19(14-21(17)29)32-22-5-4-6-23(33)27(22)26(18-8-10-24-25(13-18)35-16-34-24)20(15-30)28(32)31-11-2-3-12-31/h2-3,7-14,26H,4-6,16H2,1H3/t26-/m0/s1. The highest BCUT2D eigenvalue weighted by molar-refractivity contribution is 6.31. The summed E-state index contributed by atoms with van der Waals surface area (Å²) in [6, 6.07) is 17.8. The van der Waals surface area contributed by atoms with Gasteiger partial charge in [-0.15, -0.1) is 0 Å². The maximum absolute atomic E-state index is 13.5. The van der Waals surface area contributed by atoms with E-state index < -0.39 is 5.92 Å². The van der Waals surface area contributed by atoms with Crippen LogP contribution in [0.3, 0.4) is 0 Å². The lowest BCUT2D eigenvalue weighted by atomic mass is 9.75. The van der Waals surface area contributed by atoms with E-state index in [0.29, 0.717) is 39.9 Å². The number of nitriles is 1. The molecular weight excluding hydrogens is 462 g/mol. The van der Waals surface area contributed by atoms with E-state index >= 15 is 0 Å². The van der Waals surface area contributed by atoms with E-state index in [4.69, 9.17) is 21.1 Å². The molecule has 1 aromatic heterocycles. The van der Waals surface area contributed by atoms with Gasteiger partial charge in [0.1, 0.15) is 5.82 Å². The summed E-state index contributed by atoms with van der Waals surface area (Å²) in [4.78, 5) is 15.5. The largest absolute Gasteiger partial charge is 0.454 e. The van der Waals surface area contributed by atoms with Crippen LogP contribution in [0.4, 0.5) is 5.69 Å².